The van der Waals surface area contributed by atoms with Crippen molar-refractivity contribution in [2.45, 2.75) is 12.5 Å². The quantitative estimate of drug-likeness (QED) is 0.854. The largest absolute Gasteiger partial charge is 0.344 e. The molecule has 4 nitrogen and oxygen atoms in total. The van der Waals surface area contributed by atoms with Gasteiger partial charge in [0.2, 0.25) is 5.91 Å². The van der Waals surface area contributed by atoms with Crippen molar-refractivity contribution in [3.63, 3.8) is 0 Å². The molecule has 0 bridgehead atoms. The maximum absolute atomic E-state index is 12.4. The van der Waals surface area contributed by atoms with E-state index in [2.05, 4.69) is 39.1 Å². The molecule has 1 aromatic carbocycles. The number of nitrogens with zero attached hydrogens (tertiary/aromatic N) is 1. The standard InChI is InChI=1S/C18H23N3OS/c22-17(8-11-21-12-9-19-10-13-21)20-18(16-7-4-14-23-16)15-5-2-1-3-6-15/h1-7,14,18-19H,8-13H2,(H,20,22). The van der Waals surface area contributed by atoms with E-state index in [9.17, 15) is 4.79 Å². The molecule has 1 atom stereocenters. The van der Waals surface area contributed by atoms with Gasteiger partial charge in [-0.2, -0.15) is 0 Å². The number of piperazine rings is 1. The molecule has 1 amide bonds. The van der Waals surface area contributed by atoms with Gasteiger partial charge in [-0.05, 0) is 17.0 Å². The van der Waals surface area contributed by atoms with Gasteiger partial charge in [0.25, 0.3) is 0 Å². The maximum atomic E-state index is 12.4. The van der Waals surface area contributed by atoms with Gasteiger partial charge >= 0.3 is 0 Å². The van der Waals surface area contributed by atoms with E-state index < -0.39 is 0 Å². The number of carbonyl (C=O) groups excluding carboxylic acids is 1. The van der Waals surface area contributed by atoms with E-state index in [0.29, 0.717) is 6.42 Å². The van der Waals surface area contributed by atoms with E-state index in [0.717, 1.165) is 38.3 Å². The van der Waals surface area contributed by atoms with Crippen molar-refractivity contribution >= 4 is 17.2 Å². The fraction of sp³-hybridized carbons (Fsp3) is 0.389. The molecule has 122 valence electrons. The first-order valence-electron chi connectivity index (χ1n) is 8.14. The smallest absolute Gasteiger partial charge is 0.222 e. The molecule has 0 aliphatic carbocycles. The van der Waals surface area contributed by atoms with E-state index in [-0.39, 0.29) is 11.9 Å². The Balaban J connectivity index is 1.61. The molecule has 0 radical (unpaired) electrons. The third kappa shape index (κ3) is 4.64. The summed E-state index contributed by atoms with van der Waals surface area (Å²) in [5, 5.41) is 8.59. The molecule has 1 fully saturated rings. The van der Waals surface area contributed by atoms with Crippen molar-refractivity contribution in [1.29, 1.82) is 0 Å². The minimum Gasteiger partial charge on any atom is -0.344 e. The lowest BCUT2D eigenvalue weighted by molar-refractivity contribution is -0.121. The van der Waals surface area contributed by atoms with Crippen LogP contribution in [0.4, 0.5) is 0 Å². The van der Waals surface area contributed by atoms with Crippen LogP contribution in [0.5, 0.6) is 0 Å². The van der Waals surface area contributed by atoms with Crippen LogP contribution in [0, 0.1) is 0 Å². The van der Waals surface area contributed by atoms with Crippen LogP contribution in [-0.4, -0.2) is 43.5 Å². The Morgan fingerprint density at radius 2 is 1.96 bits per heavy atom. The van der Waals surface area contributed by atoms with E-state index >= 15 is 0 Å². The molecule has 3 rings (SSSR count). The summed E-state index contributed by atoms with van der Waals surface area (Å²) in [5.41, 5.74) is 1.13. The summed E-state index contributed by atoms with van der Waals surface area (Å²) in [6.07, 6.45) is 0.550. The van der Waals surface area contributed by atoms with Gasteiger partial charge in [-0.15, -0.1) is 11.3 Å². The molecule has 2 N–H and O–H groups in total. The highest BCUT2D eigenvalue weighted by molar-refractivity contribution is 7.10. The predicted molar refractivity (Wildman–Crippen MR) is 94.7 cm³/mol. The Morgan fingerprint density at radius 1 is 1.17 bits per heavy atom. The van der Waals surface area contributed by atoms with Crippen LogP contribution < -0.4 is 10.6 Å². The van der Waals surface area contributed by atoms with Gasteiger partial charge in [0.1, 0.15) is 0 Å². The molecule has 5 heteroatoms. The summed E-state index contributed by atoms with van der Waals surface area (Å²) in [6.45, 7) is 4.92. The molecular weight excluding hydrogens is 306 g/mol. The van der Waals surface area contributed by atoms with Crippen molar-refractivity contribution in [1.82, 2.24) is 15.5 Å². The Bertz CT molecular complexity index is 594. The molecule has 1 aromatic heterocycles. The van der Waals surface area contributed by atoms with Crippen molar-refractivity contribution in [2.24, 2.45) is 0 Å². The third-order valence-electron chi connectivity index (χ3n) is 4.13. The monoisotopic (exact) mass is 329 g/mol. The summed E-state index contributed by atoms with van der Waals surface area (Å²) in [7, 11) is 0. The Morgan fingerprint density at radius 3 is 2.65 bits per heavy atom. The first kappa shape index (κ1) is 16.2. The van der Waals surface area contributed by atoms with Crippen molar-refractivity contribution in [3.8, 4) is 0 Å². The zero-order valence-electron chi connectivity index (χ0n) is 13.2. The van der Waals surface area contributed by atoms with Crippen LogP contribution in [-0.2, 0) is 4.79 Å². The lowest BCUT2D eigenvalue weighted by Crippen LogP contribution is -2.44. The average Bonchev–Trinajstić information content (AvgIpc) is 3.14. The fourth-order valence-corrected chi connectivity index (χ4v) is 3.65. The second kappa shape index (κ2) is 8.24. The zero-order chi connectivity index (χ0) is 15.9. The van der Waals surface area contributed by atoms with E-state index in [1.54, 1.807) is 11.3 Å². The summed E-state index contributed by atoms with van der Waals surface area (Å²) < 4.78 is 0. The SMILES string of the molecule is O=C(CCN1CCNCC1)NC(c1ccccc1)c1cccs1. The van der Waals surface area contributed by atoms with Crippen LogP contribution in [0.2, 0.25) is 0 Å². The molecule has 1 saturated heterocycles. The van der Waals surface area contributed by atoms with Crippen molar-refractivity contribution in [3.05, 3.63) is 58.3 Å². The molecule has 2 aromatic rings. The molecule has 0 spiro atoms. The highest BCUT2D eigenvalue weighted by atomic mass is 32.1. The average molecular weight is 329 g/mol. The minimum atomic E-state index is -0.0493. The number of rotatable bonds is 6. The molecule has 1 aliphatic heterocycles. The molecule has 0 saturated carbocycles. The Kier molecular flexibility index (Phi) is 5.80. The van der Waals surface area contributed by atoms with Gasteiger partial charge in [-0.25, -0.2) is 0 Å². The minimum absolute atomic E-state index is 0.0493. The molecule has 23 heavy (non-hydrogen) atoms. The van der Waals surface area contributed by atoms with Gasteiger partial charge in [-0.3, -0.25) is 4.79 Å². The summed E-state index contributed by atoms with van der Waals surface area (Å²) in [6, 6.07) is 14.2. The lowest BCUT2D eigenvalue weighted by Gasteiger charge is -2.27. The van der Waals surface area contributed by atoms with Gasteiger partial charge in [0, 0.05) is 44.0 Å². The summed E-state index contributed by atoms with van der Waals surface area (Å²) >= 11 is 1.68. The maximum Gasteiger partial charge on any atom is 0.222 e. The van der Waals surface area contributed by atoms with Crippen LogP contribution in [0.1, 0.15) is 22.9 Å². The Labute approximate surface area is 141 Å². The number of thiophene rings is 1. The predicted octanol–water partition coefficient (Wildman–Crippen LogP) is 2.25. The van der Waals surface area contributed by atoms with E-state index in [1.807, 2.05) is 24.3 Å². The highest BCUT2D eigenvalue weighted by Gasteiger charge is 2.18. The molecule has 1 aliphatic rings. The summed E-state index contributed by atoms with van der Waals surface area (Å²) in [4.78, 5) is 15.9. The van der Waals surface area contributed by atoms with Gasteiger partial charge in [0.15, 0.2) is 0 Å². The molecular formula is C18H23N3OS. The van der Waals surface area contributed by atoms with E-state index in [4.69, 9.17) is 0 Å². The third-order valence-corrected chi connectivity index (χ3v) is 5.07. The number of nitrogens with one attached hydrogen (secondary N) is 2. The number of hydrogen-bond donors (Lipinski definition) is 2. The normalized spacial score (nSPS) is 16.9. The van der Waals surface area contributed by atoms with Crippen LogP contribution in [0.25, 0.3) is 0 Å². The van der Waals surface area contributed by atoms with Crippen molar-refractivity contribution in [2.75, 3.05) is 32.7 Å². The van der Waals surface area contributed by atoms with Crippen molar-refractivity contribution < 1.29 is 4.79 Å². The van der Waals surface area contributed by atoms with E-state index in [1.165, 1.54) is 4.88 Å². The zero-order valence-corrected chi connectivity index (χ0v) is 14.0. The highest BCUT2D eigenvalue weighted by Crippen LogP contribution is 2.25. The van der Waals surface area contributed by atoms with Crippen LogP contribution in [0.3, 0.4) is 0 Å². The molecule has 2 heterocycles. The second-order valence-electron chi connectivity index (χ2n) is 5.77. The van der Waals surface area contributed by atoms with Crippen LogP contribution >= 0.6 is 11.3 Å². The topological polar surface area (TPSA) is 44.4 Å². The van der Waals surface area contributed by atoms with Gasteiger partial charge in [-0.1, -0.05) is 36.4 Å². The first-order chi connectivity index (χ1) is 11.3. The van der Waals surface area contributed by atoms with Gasteiger partial charge < -0.3 is 15.5 Å². The number of amides is 1. The van der Waals surface area contributed by atoms with Crippen LogP contribution in [0.15, 0.2) is 47.8 Å². The lowest BCUT2D eigenvalue weighted by atomic mass is 10.1. The molecule has 1 unspecified atom stereocenters. The number of carbonyl (C=O) groups is 1. The summed E-state index contributed by atoms with van der Waals surface area (Å²) in [5.74, 6) is 0.116. The fourth-order valence-electron chi connectivity index (χ4n) is 2.85. The number of benzene rings is 1. The second-order valence-corrected chi connectivity index (χ2v) is 6.75. The Hall–Kier alpha value is -1.69. The first-order valence-corrected chi connectivity index (χ1v) is 9.01. The van der Waals surface area contributed by atoms with Gasteiger partial charge in [0.05, 0.1) is 6.04 Å². The number of hydrogen-bond acceptors (Lipinski definition) is 4.